The second-order valence-electron chi connectivity index (χ2n) is 3.93. The highest BCUT2D eigenvalue weighted by Crippen LogP contribution is 2.21. The lowest BCUT2D eigenvalue weighted by Gasteiger charge is -2.12. The van der Waals surface area contributed by atoms with Crippen LogP contribution in [0.2, 0.25) is 0 Å². The molecule has 8 heteroatoms. The first-order valence-corrected chi connectivity index (χ1v) is 5.62. The Kier molecular flexibility index (Phi) is 4.04. The highest BCUT2D eigenvalue weighted by Gasteiger charge is 2.19. The van der Waals surface area contributed by atoms with Gasteiger partial charge in [-0.05, 0) is 12.1 Å². The van der Waals surface area contributed by atoms with Crippen LogP contribution < -0.4 is 0 Å². The third-order valence-corrected chi connectivity index (χ3v) is 2.60. The molecule has 20 heavy (non-hydrogen) atoms. The monoisotopic (exact) mass is 283 g/mol. The Balaban J connectivity index is 2.17. The minimum absolute atomic E-state index is 0.200. The number of ether oxygens (including phenoxy) is 1. The van der Waals surface area contributed by atoms with Crippen LogP contribution in [0.3, 0.4) is 0 Å². The van der Waals surface area contributed by atoms with E-state index in [0.717, 1.165) is 23.1 Å². The number of aliphatic hydroxyl groups is 1. The lowest BCUT2D eigenvalue weighted by Crippen LogP contribution is -2.13. The van der Waals surface area contributed by atoms with Crippen LogP contribution in [-0.2, 0) is 11.3 Å². The first-order chi connectivity index (χ1) is 9.52. The summed E-state index contributed by atoms with van der Waals surface area (Å²) in [7, 11) is 1.17. The van der Waals surface area contributed by atoms with Crippen LogP contribution in [0.5, 0.6) is 0 Å². The summed E-state index contributed by atoms with van der Waals surface area (Å²) in [5, 5.41) is 13.6. The third kappa shape index (κ3) is 2.80. The van der Waals surface area contributed by atoms with E-state index in [1.54, 1.807) is 0 Å². The molecular formula is C12H11F2N3O3. The molecule has 6 nitrogen and oxygen atoms in total. The highest BCUT2D eigenvalue weighted by atomic mass is 19.1. The van der Waals surface area contributed by atoms with Crippen molar-refractivity contribution in [3.8, 4) is 0 Å². The largest absolute Gasteiger partial charge is 0.463 e. The van der Waals surface area contributed by atoms with Crippen LogP contribution in [0.4, 0.5) is 8.78 Å². The van der Waals surface area contributed by atoms with Gasteiger partial charge in [-0.15, -0.1) is 5.10 Å². The van der Waals surface area contributed by atoms with E-state index >= 15 is 0 Å². The molecule has 2 rings (SSSR count). The highest BCUT2D eigenvalue weighted by molar-refractivity contribution is 5.84. The van der Waals surface area contributed by atoms with Crippen LogP contribution in [0.25, 0.3) is 0 Å². The van der Waals surface area contributed by atoms with Crippen LogP contribution in [0.1, 0.15) is 22.3 Å². The molecule has 1 aromatic heterocycles. The van der Waals surface area contributed by atoms with E-state index in [0.29, 0.717) is 0 Å². The third-order valence-electron chi connectivity index (χ3n) is 2.60. The maximum atomic E-state index is 13.5. The summed E-state index contributed by atoms with van der Waals surface area (Å²) in [6, 6.07) is 3.29. The molecule has 1 heterocycles. The van der Waals surface area contributed by atoms with Gasteiger partial charge >= 0.3 is 5.97 Å². The fraction of sp³-hybridized carbons (Fsp3) is 0.250. The maximum Gasteiger partial charge on any atom is 0.377 e. The van der Waals surface area contributed by atoms with Gasteiger partial charge in [0, 0.05) is 0 Å². The zero-order valence-electron chi connectivity index (χ0n) is 10.5. The van der Waals surface area contributed by atoms with Crippen molar-refractivity contribution in [1.82, 2.24) is 14.8 Å². The van der Waals surface area contributed by atoms with Crippen molar-refractivity contribution in [2.24, 2.45) is 0 Å². The van der Waals surface area contributed by atoms with Gasteiger partial charge in [0.15, 0.2) is 0 Å². The number of esters is 1. The predicted octanol–water partition coefficient (Wildman–Crippen LogP) is 1.08. The number of nitrogens with zero attached hydrogens (tertiary/aromatic N) is 3. The average Bonchev–Trinajstić information content (AvgIpc) is 2.86. The lowest BCUT2D eigenvalue weighted by atomic mass is 10.1. The second kappa shape index (κ2) is 5.74. The standard InChI is InChI=1S/C12H11F2N3O3/c1-20-12(19)11-15-6-17(16-11)5-9(18)10-7(13)3-2-4-8(10)14/h2-4,6,9,18H,5H2,1H3. The van der Waals surface area contributed by atoms with Crippen LogP contribution in [0.15, 0.2) is 24.5 Å². The smallest absolute Gasteiger partial charge is 0.377 e. The molecule has 0 saturated carbocycles. The van der Waals surface area contributed by atoms with E-state index in [1.807, 2.05) is 0 Å². The average molecular weight is 283 g/mol. The number of carbonyl (C=O) groups is 1. The Morgan fingerprint density at radius 2 is 2.10 bits per heavy atom. The summed E-state index contributed by atoms with van der Waals surface area (Å²) in [5.74, 6) is -2.65. The Morgan fingerprint density at radius 3 is 2.70 bits per heavy atom. The van der Waals surface area contributed by atoms with E-state index in [-0.39, 0.29) is 12.4 Å². The van der Waals surface area contributed by atoms with Gasteiger partial charge in [-0.25, -0.2) is 23.2 Å². The van der Waals surface area contributed by atoms with Gasteiger partial charge in [0.1, 0.15) is 24.1 Å². The van der Waals surface area contributed by atoms with Gasteiger partial charge in [-0.3, -0.25) is 0 Å². The number of aliphatic hydroxyl groups excluding tert-OH is 1. The number of methoxy groups -OCH3 is 1. The Hall–Kier alpha value is -2.35. The van der Waals surface area contributed by atoms with Crippen molar-refractivity contribution in [3.05, 3.63) is 47.5 Å². The summed E-state index contributed by atoms with van der Waals surface area (Å²) in [4.78, 5) is 14.8. The van der Waals surface area contributed by atoms with Gasteiger partial charge in [0.2, 0.25) is 0 Å². The second-order valence-corrected chi connectivity index (χ2v) is 3.93. The van der Waals surface area contributed by atoms with Crippen molar-refractivity contribution < 1.29 is 23.4 Å². The molecule has 2 aromatic rings. The number of benzene rings is 1. The van der Waals surface area contributed by atoms with Crippen LogP contribution >= 0.6 is 0 Å². The molecule has 0 spiro atoms. The van der Waals surface area contributed by atoms with E-state index in [4.69, 9.17) is 0 Å². The molecular weight excluding hydrogens is 272 g/mol. The first kappa shape index (κ1) is 14.1. The number of halogens is 2. The molecule has 1 atom stereocenters. The van der Waals surface area contributed by atoms with E-state index < -0.39 is 29.3 Å². The number of carbonyl (C=O) groups excluding carboxylic acids is 1. The van der Waals surface area contributed by atoms with Crippen molar-refractivity contribution in [2.75, 3.05) is 7.11 Å². The molecule has 1 aromatic carbocycles. The van der Waals surface area contributed by atoms with Crippen molar-refractivity contribution >= 4 is 5.97 Å². The summed E-state index contributed by atoms with van der Waals surface area (Å²) in [6.45, 7) is -0.248. The summed E-state index contributed by atoms with van der Waals surface area (Å²) < 4.78 is 32.5. The minimum atomic E-state index is -1.46. The van der Waals surface area contributed by atoms with Crippen LogP contribution in [-0.4, -0.2) is 33.0 Å². The molecule has 0 saturated heterocycles. The Labute approximate surface area is 112 Å². The van der Waals surface area contributed by atoms with Crippen molar-refractivity contribution in [1.29, 1.82) is 0 Å². The molecule has 0 aliphatic heterocycles. The Morgan fingerprint density at radius 1 is 1.45 bits per heavy atom. The van der Waals surface area contributed by atoms with Crippen LogP contribution in [0, 0.1) is 11.6 Å². The normalized spacial score (nSPS) is 12.2. The fourth-order valence-electron chi connectivity index (χ4n) is 1.66. The molecule has 0 fully saturated rings. The van der Waals surface area contributed by atoms with Crippen molar-refractivity contribution in [3.63, 3.8) is 0 Å². The number of hydrogen-bond donors (Lipinski definition) is 1. The van der Waals surface area contributed by atoms with Gasteiger partial charge in [-0.1, -0.05) is 6.07 Å². The topological polar surface area (TPSA) is 77.2 Å². The fourth-order valence-corrected chi connectivity index (χ4v) is 1.66. The molecule has 0 amide bonds. The molecule has 106 valence electrons. The van der Waals surface area contributed by atoms with Gasteiger partial charge in [-0.2, -0.15) is 0 Å². The zero-order chi connectivity index (χ0) is 14.7. The maximum absolute atomic E-state index is 13.5. The Bertz CT molecular complexity index is 610. The minimum Gasteiger partial charge on any atom is -0.463 e. The SMILES string of the molecule is COC(=O)c1ncn(CC(O)c2c(F)cccc2F)n1. The number of rotatable bonds is 4. The van der Waals surface area contributed by atoms with E-state index in [2.05, 4.69) is 14.8 Å². The van der Waals surface area contributed by atoms with E-state index in [9.17, 15) is 18.7 Å². The van der Waals surface area contributed by atoms with Crippen molar-refractivity contribution in [2.45, 2.75) is 12.6 Å². The number of hydrogen-bond acceptors (Lipinski definition) is 5. The number of aromatic nitrogens is 3. The lowest BCUT2D eigenvalue weighted by molar-refractivity contribution is 0.0585. The molecule has 1 unspecified atom stereocenters. The summed E-state index contributed by atoms with van der Waals surface area (Å²) >= 11 is 0. The first-order valence-electron chi connectivity index (χ1n) is 5.62. The van der Waals surface area contributed by atoms with Gasteiger partial charge < -0.3 is 9.84 Å². The van der Waals surface area contributed by atoms with Gasteiger partial charge in [0.25, 0.3) is 5.82 Å². The van der Waals surface area contributed by atoms with Gasteiger partial charge in [0.05, 0.1) is 19.2 Å². The molecule has 0 radical (unpaired) electrons. The molecule has 0 bridgehead atoms. The molecule has 0 aliphatic rings. The summed E-state index contributed by atoms with van der Waals surface area (Å²) in [5.41, 5.74) is -0.456. The summed E-state index contributed by atoms with van der Waals surface area (Å²) in [6.07, 6.45) is -0.294. The predicted molar refractivity (Wildman–Crippen MR) is 62.7 cm³/mol. The van der Waals surface area contributed by atoms with E-state index in [1.165, 1.54) is 13.2 Å². The molecule has 1 N–H and O–H groups in total. The quantitative estimate of drug-likeness (QED) is 0.849. The molecule has 0 aliphatic carbocycles. The zero-order valence-corrected chi connectivity index (χ0v) is 10.5.